The summed E-state index contributed by atoms with van der Waals surface area (Å²) in [5.41, 5.74) is 1.83. The molecule has 3 rings (SSSR count). The molecule has 1 aliphatic heterocycles. The number of nitrogens with one attached hydrogen (secondary N) is 1. The zero-order chi connectivity index (χ0) is 26.4. The number of rotatable bonds is 7. The van der Waals surface area contributed by atoms with Gasteiger partial charge >= 0.3 is 0 Å². The predicted molar refractivity (Wildman–Crippen MR) is 113 cm³/mol. The summed E-state index contributed by atoms with van der Waals surface area (Å²) in [6.07, 6.45) is 5.85. The molecule has 1 N–H and O–H groups in total. The second kappa shape index (κ2) is 15.0. The number of carboxylic acid groups (broad SMARTS) is 4. The molecular weight excluding hydrogens is 466 g/mol. The molecule has 0 amide bonds. The first-order chi connectivity index (χ1) is 16.6. The smallest absolute Gasteiger partial charge is 0.205 e. The van der Waals surface area contributed by atoms with Crippen LogP contribution in [0, 0.1) is 0 Å². The highest BCUT2D eigenvalue weighted by Crippen LogP contribution is 2.20. The van der Waals surface area contributed by atoms with Crippen LogP contribution in [0.5, 0.6) is 0 Å². The monoisotopic (exact) mass is 491 g/mol. The number of carbonyl (C=O) groups is 4. The van der Waals surface area contributed by atoms with Gasteiger partial charge in [-0.2, -0.15) is 0 Å². The number of anilines is 1. The predicted octanol–water partition coefficient (Wildman–Crippen LogP) is -4.89. The Kier molecular flexibility index (Phi) is 12.4. The normalized spacial score (nSPS) is 13.5. The van der Waals surface area contributed by atoms with E-state index in [9.17, 15) is 0 Å². The number of hydrogen-bond acceptors (Lipinski definition) is 13. The van der Waals surface area contributed by atoms with E-state index in [1.807, 2.05) is 18.3 Å². The molecule has 192 valence electrons. The fraction of sp³-hybridized carbons (Fsp3) is 0.429. The molecule has 35 heavy (non-hydrogen) atoms. The first kappa shape index (κ1) is 29.0. The Balaban J connectivity index is 0.000000425. The quantitative estimate of drug-likeness (QED) is 0.218. The Hall–Kier alpha value is -4.04. The van der Waals surface area contributed by atoms with E-state index in [0.717, 1.165) is 49.6 Å². The van der Waals surface area contributed by atoms with E-state index in [1.165, 1.54) is 0 Å². The van der Waals surface area contributed by atoms with Crippen LogP contribution in [0.15, 0.2) is 31.0 Å². The summed E-state index contributed by atoms with van der Waals surface area (Å²) in [7, 11) is 2.17. The molecule has 3 heterocycles. The van der Waals surface area contributed by atoms with E-state index in [1.54, 1.807) is 6.08 Å². The average Bonchev–Trinajstić information content (AvgIpc) is 3.16. The maximum absolute atomic E-state index is 8.93. The molecule has 0 saturated carbocycles. The number of ether oxygens (including phenoxy) is 1. The fourth-order valence-electron chi connectivity index (χ4n) is 2.94. The summed E-state index contributed by atoms with van der Waals surface area (Å²) in [5.74, 6) is -7.84. The number of fused-ring (bicyclic) bond motifs is 1. The van der Waals surface area contributed by atoms with Gasteiger partial charge in [0.25, 0.3) is 0 Å². The Morgan fingerprint density at radius 2 is 1.69 bits per heavy atom. The summed E-state index contributed by atoms with van der Waals surface area (Å²) in [4.78, 5) is 47.3. The van der Waals surface area contributed by atoms with Crippen molar-refractivity contribution >= 4 is 41.0 Å². The summed E-state index contributed by atoms with van der Waals surface area (Å²) < 4.78 is 7.66. The number of carbonyl (C=O) groups excluding carboxylic acids is 4. The van der Waals surface area contributed by atoms with Gasteiger partial charge in [-0.05, 0) is 45.1 Å². The molecule has 1 fully saturated rings. The van der Waals surface area contributed by atoms with E-state index in [4.69, 9.17) is 49.3 Å². The molecule has 0 spiro atoms. The minimum absolute atomic E-state index is 0.468. The van der Waals surface area contributed by atoms with Gasteiger partial charge in [0.15, 0.2) is 5.65 Å². The highest BCUT2D eigenvalue weighted by molar-refractivity contribution is 6.25. The number of aromatic nitrogens is 3. The number of aliphatic carboxylic acids is 4. The molecule has 2 aromatic heterocycles. The number of imidazole rings is 1. The van der Waals surface area contributed by atoms with Gasteiger partial charge in [-0.15, -0.1) is 6.58 Å². The van der Waals surface area contributed by atoms with Crippen molar-refractivity contribution in [2.45, 2.75) is 25.4 Å². The van der Waals surface area contributed by atoms with Crippen LogP contribution in [0.2, 0.25) is 0 Å². The highest BCUT2D eigenvalue weighted by Gasteiger charge is 2.19. The maximum Gasteiger partial charge on any atom is 0.205 e. The third-order valence-corrected chi connectivity index (χ3v) is 4.58. The summed E-state index contributed by atoms with van der Waals surface area (Å²) >= 11 is 0. The maximum atomic E-state index is 8.93. The second-order valence-corrected chi connectivity index (χ2v) is 7.17. The molecule has 0 aliphatic carbocycles. The van der Waals surface area contributed by atoms with Gasteiger partial charge in [0, 0.05) is 12.2 Å². The van der Waals surface area contributed by atoms with E-state index in [0.29, 0.717) is 19.3 Å². The van der Waals surface area contributed by atoms with Gasteiger partial charge in [0.1, 0.15) is 5.52 Å². The lowest BCUT2D eigenvalue weighted by Gasteiger charge is -2.29. The van der Waals surface area contributed by atoms with E-state index in [2.05, 4.69) is 33.4 Å². The zero-order valence-corrected chi connectivity index (χ0v) is 19.0. The molecular formula is C21H25N5O9-4. The lowest BCUT2D eigenvalue weighted by Crippen LogP contribution is -2.42. The Bertz CT molecular complexity index is 968. The van der Waals surface area contributed by atoms with E-state index in [-0.39, 0.29) is 0 Å². The third-order valence-electron chi connectivity index (χ3n) is 4.58. The first-order valence-corrected chi connectivity index (χ1v) is 10.4. The molecule has 0 atom stereocenters. The lowest BCUT2D eigenvalue weighted by molar-refractivity contribution is -0.345. The number of likely N-dealkylation sites (tertiary alicyclic amines) is 1. The minimum atomic E-state index is -2.19. The molecule has 2 aromatic rings. The van der Waals surface area contributed by atoms with Gasteiger partial charge < -0.3 is 54.6 Å². The number of hydrogen-bond donors (Lipinski definition) is 1. The third kappa shape index (κ3) is 10.6. The number of nitrogens with zero attached hydrogens (tertiary/aromatic N) is 4. The van der Waals surface area contributed by atoms with Gasteiger partial charge in [-0.1, -0.05) is 6.08 Å². The van der Waals surface area contributed by atoms with Crippen LogP contribution in [-0.2, 0) is 30.5 Å². The standard InChI is InChI=1S/C17H25N5O.2C2H2O4/c1-3-12-23-13-11-22-16-15(5-4-8-18-16)20-17(22)19-14-6-9-21(2)10-7-14;2*3-1(4)2(5)6/h3-5,8,14H,1,6-7,9-13H2,2H3,(H,19,20);2*(H,3,4)(H,5,6)/p-4. The van der Waals surface area contributed by atoms with Crippen molar-refractivity contribution in [2.24, 2.45) is 0 Å². The van der Waals surface area contributed by atoms with Gasteiger partial charge in [0.2, 0.25) is 5.95 Å². The number of pyridine rings is 1. The number of piperidine rings is 1. The van der Waals surface area contributed by atoms with Crippen molar-refractivity contribution in [1.82, 2.24) is 19.4 Å². The molecule has 0 unspecified atom stereocenters. The van der Waals surface area contributed by atoms with Crippen molar-refractivity contribution in [3.63, 3.8) is 0 Å². The zero-order valence-electron chi connectivity index (χ0n) is 19.0. The summed E-state index contributed by atoms with van der Waals surface area (Å²) in [6, 6.07) is 4.40. The Morgan fingerprint density at radius 3 is 2.20 bits per heavy atom. The second-order valence-electron chi connectivity index (χ2n) is 7.17. The molecule has 0 radical (unpaired) electrons. The topological polar surface area (TPSA) is 216 Å². The van der Waals surface area contributed by atoms with Crippen molar-refractivity contribution in [3.05, 3.63) is 31.0 Å². The summed E-state index contributed by atoms with van der Waals surface area (Å²) in [6.45, 7) is 7.84. The first-order valence-electron chi connectivity index (χ1n) is 10.4. The van der Waals surface area contributed by atoms with Crippen LogP contribution in [-0.4, -0.2) is 82.7 Å². The van der Waals surface area contributed by atoms with Crippen molar-refractivity contribution in [3.8, 4) is 0 Å². The molecule has 0 aromatic carbocycles. The largest absolute Gasteiger partial charge is 0.543 e. The SMILES string of the molecule is C=CCOCCn1c(NC2CCN(C)CC2)nc2cccnc21.O=C([O-])C(=O)[O-].O=C([O-])C(=O)[O-]. The molecule has 1 aliphatic rings. The number of carboxylic acids is 4. The van der Waals surface area contributed by atoms with Crippen molar-refractivity contribution < 1.29 is 44.3 Å². The van der Waals surface area contributed by atoms with E-state index >= 15 is 0 Å². The van der Waals surface area contributed by atoms with Crippen LogP contribution in [0.25, 0.3) is 11.2 Å². The van der Waals surface area contributed by atoms with Crippen LogP contribution in [0.4, 0.5) is 5.95 Å². The average molecular weight is 491 g/mol. The Morgan fingerprint density at radius 1 is 1.11 bits per heavy atom. The molecule has 14 nitrogen and oxygen atoms in total. The van der Waals surface area contributed by atoms with Crippen LogP contribution in [0.1, 0.15) is 12.8 Å². The van der Waals surface area contributed by atoms with E-state index < -0.39 is 23.9 Å². The lowest BCUT2D eigenvalue weighted by atomic mass is 10.1. The highest BCUT2D eigenvalue weighted by atomic mass is 16.5. The minimum Gasteiger partial charge on any atom is -0.543 e. The molecule has 14 heteroatoms. The molecule has 0 bridgehead atoms. The van der Waals surface area contributed by atoms with Crippen LogP contribution >= 0.6 is 0 Å². The fourth-order valence-corrected chi connectivity index (χ4v) is 2.94. The van der Waals surface area contributed by atoms with Gasteiger partial charge in [-0.3, -0.25) is 4.57 Å². The van der Waals surface area contributed by atoms with Crippen molar-refractivity contribution in [1.29, 1.82) is 0 Å². The van der Waals surface area contributed by atoms with Crippen LogP contribution < -0.4 is 25.7 Å². The van der Waals surface area contributed by atoms with Crippen molar-refractivity contribution in [2.75, 3.05) is 38.7 Å². The van der Waals surface area contributed by atoms with Gasteiger partial charge in [-0.25, -0.2) is 9.97 Å². The summed E-state index contributed by atoms with van der Waals surface area (Å²) in [5, 5.41) is 39.3. The molecule has 1 saturated heterocycles. The van der Waals surface area contributed by atoms with Gasteiger partial charge in [0.05, 0.1) is 43.6 Å². The Labute approximate surface area is 200 Å². The van der Waals surface area contributed by atoms with Crippen LogP contribution in [0.3, 0.4) is 0 Å².